The average molecular weight is 339 g/mol. The fourth-order valence-corrected chi connectivity index (χ4v) is 3.45. The molecule has 1 aromatic rings. The van der Waals surface area contributed by atoms with Gasteiger partial charge in [0.25, 0.3) is 5.91 Å². The zero-order valence-corrected chi connectivity index (χ0v) is 13.3. The van der Waals surface area contributed by atoms with Crippen molar-refractivity contribution in [1.29, 1.82) is 0 Å². The second kappa shape index (κ2) is 6.33. The van der Waals surface area contributed by atoms with Crippen LogP contribution in [-0.4, -0.2) is 55.3 Å². The van der Waals surface area contributed by atoms with Crippen molar-refractivity contribution >= 4 is 38.9 Å². The third-order valence-electron chi connectivity index (χ3n) is 3.02. The summed E-state index contributed by atoms with van der Waals surface area (Å²) in [6.45, 7) is 1.50. The Morgan fingerprint density at radius 3 is 2.90 bits per heavy atom. The summed E-state index contributed by atoms with van der Waals surface area (Å²) in [5, 5.41) is 7.62. The maximum Gasteiger partial charge on any atom is 0.284 e. The number of sulfonamides is 1. The van der Waals surface area contributed by atoms with Crippen molar-refractivity contribution in [2.24, 2.45) is 5.92 Å². The summed E-state index contributed by atoms with van der Waals surface area (Å²) in [6, 6.07) is 0. The molecule has 0 aliphatic carbocycles. The zero-order chi connectivity index (χ0) is 14.8. The molecule has 0 saturated carbocycles. The van der Waals surface area contributed by atoms with Gasteiger partial charge in [0.2, 0.25) is 19.5 Å². The van der Waals surface area contributed by atoms with E-state index < -0.39 is 10.0 Å². The lowest BCUT2D eigenvalue weighted by molar-refractivity contribution is 0.0675. The number of carbonyl (C=O) groups excluding carboxylic acids is 1. The van der Waals surface area contributed by atoms with Gasteiger partial charge in [-0.3, -0.25) is 4.79 Å². The van der Waals surface area contributed by atoms with Crippen LogP contribution >= 0.6 is 22.9 Å². The number of piperidine rings is 1. The number of carbonyl (C=O) groups is 1. The Labute approximate surface area is 126 Å². The molecule has 20 heavy (non-hydrogen) atoms. The van der Waals surface area contributed by atoms with Crippen LogP contribution < -0.4 is 4.72 Å². The lowest BCUT2D eigenvalue weighted by atomic mass is 9.98. The van der Waals surface area contributed by atoms with Crippen LogP contribution in [0.25, 0.3) is 0 Å². The number of hydrogen-bond donors (Lipinski definition) is 1. The molecule has 0 bridgehead atoms. The van der Waals surface area contributed by atoms with E-state index in [0.29, 0.717) is 19.6 Å². The molecule has 1 N–H and O–H groups in total. The summed E-state index contributed by atoms with van der Waals surface area (Å²) in [7, 11) is -3.20. The molecule has 1 aliphatic heterocycles. The van der Waals surface area contributed by atoms with Gasteiger partial charge in [0.05, 0.1) is 6.26 Å². The quantitative estimate of drug-likeness (QED) is 0.867. The highest BCUT2D eigenvalue weighted by Gasteiger charge is 2.27. The van der Waals surface area contributed by atoms with Gasteiger partial charge >= 0.3 is 0 Å². The molecule has 2 rings (SSSR count). The van der Waals surface area contributed by atoms with Crippen molar-refractivity contribution < 1.29 is 13.2 Å². The summed E-state index contributed by atoms with van der Waals surface area (Å²) in [5.74, 6) is -0.0794. The van der Waals surface area contributed by atoms with Crippen LogP contribution in [0.4, 0.5) is 0 Å². The average Bonchev–Trinajstić information content (AvgIpc) is 2.82. The molecular formula is C10H15ClN4O3S2. The Morgan fingerprint density at radius 1 is 1.55 bits per heavy atom. The van der Waals surface area contributed by atoms with Gasteiger partial charge in [0, 0.05) is 19.6 Å². The Kier molecular flexibility index (Phi) is 4.95. The highest BCUT2D eigenvalue weighted by Crippen LogP contribution is 2.21. The van der Waals surface area contributed by atoms with Gasteiger partial charge in [-0.25, -0.2) is 13.1 Å². The smallest absolute Gasteiger partial charge is 0.284 e. The van der Waals surface area contributed by atoms with E-state index in [0.717, 1.165) is 30.4 Å². The molecule has 7 nitrogen and oxygen atoms in total. The number of likely N-dealkylation sites (tertiary alicyclic amines) is 1. The Bertz CT molecular complexity index is 589. The molecule has 10 heteroatoms. The predicted octanol–water partition coefficient (Wildman–Crippen LogP) is 0.593. The van der Waals surface area contributed by atoms with Crippen molar-refractivity contribution in [1.82, 2.24) is 19.8 Å². The number of aromatic nitrogens is 2. The van der Waals surface area contributed by atoms with Crippen molar-refractivity contribution in [3.8, 4) is 0 Å². The topological polar surface area (TPSA) is 92.3 Å². The first-order chi connectivity index (χ1) is 9.35. The lowest BCUT2D eigenvalue weighted by Gasteiger charge is -2.32. The largest absolute Gasteiger partial charge is 0.336 e. The Hall–Kier alpha value is -0.770. The standard InChI is InChI=1S/C10H15ClN4O3S2/c1-20(17,18)12-5-7-3-2-4-15(6-7)9(16)8-13-14-10(11)19-8/h7,12H,2-6H2,1H3. The second-order valence-electron chi connectivity index (χ2n) is 4.74. The van der Waals surface area contributed by atoms with E-state index >= 15 is 0 Å². The van der Waals surface area contributed by atoms with Crippen LogP contribution in [-0.2, 0) is 10.0 Å². The van der Waals surface area contributed by atoms with Gasteiger partial charge < -0.3 is 4.90 Å². The monoisotopic (exact) mass is 338 g/mol. The van der Waals surface area contributed by atoms with E-state index in [4.69, 9.17) is 11.6 Å². The third kappa shape index (κ3) is 4.37. The molecule has 1 saturated heterocycles. The van der Waals surface area contributed by atoms with Crippen LogP contribution in [0.2, 0.25) is 4.47 Å². The number of halogens is 1. The van der Waals surface area contributed by atoms with Gasteiger partial charge in [0.15, 0.2) is 0 Å². The number of hydrogen-bond acceptors (Lipinski definition) is 6. The van der Waals surface area contributed by atoms with Gasteiger partial charge in [-0.1, -0.05) is 11.3 Å². The molecule has 0 radical (unpaired) electrons. The third-order valence-corrected chi connectivity index (χ3v) is 4.72. The predicted molar refractivity (Wildman–Crippen MR) is 76.4 cm³/mol. The molecule has 1 atom stereocenters. The first-order valence-electron chi connectivity index (χ1n) is 6.08. The summed E-state index contributed by atoms with van der Waals surface area (Å²) in [6.07, 6.45) is 2.86. The van der Waals surface area contributed by atoms with Crippen LogP contribution in [0, 0.1) is 5.92 Å². The van der Waals surface area contributed by atoms with E-state index in [2.05, 4.69) is 14.9 Å². The lowest BCUT2D eigenvalue weighted by Crippen LogP contribution is -2.43. The van der Waals surface area contributed by atoms with E-state index in [-0.39, 0.29) is 21.3 Å². The minimum Gasteiger partial charge on any atom is -0.336 e. The molecule has 1 aliphatic rings. The maximum atomic E-state index is 12.2. The van der Waals surface area contributed by atoms with Crippen molar-refractivity contribution in [3.05, 3.63) is 9.47 Å². The van der Waals surface area contributed by atoms with Gasteiger partial charge in [-0.05, 0) is 30.4 Å². The number of nitrogens with zero attached hydrogens (tertiary/aromatic N) is 3. The number of rotatable bonds is 4. The Balaban J connectivity index is 1.94. The second-order valence-corrected chi connectivity index (χ2v) is 8.13. The van der Waals surface area contributed by atoms with Crippen LogP contribution in [0.5, 0.6) is 0 Å². The minimum atomic E-state index is -3.20. The highest BCUT2D eigenvalue weighted by molar-refractivity contribution is 7.88. The van der Waals surface area contributed by atoms with Crippen LogP contribution in [0.3, 0.4) is 0 Å². The maximum absolute atomic E-state index is 12.2. The molecular weight excluding hydrogens is 324 g/mol. The van der Waals surface area contributed by atoms with Gasteiger partial charge in [0.1, 0.15) is 0 Å². The molecule has 1 fully saturated rings. The van der Waals surface area contributed by atoms with Crippen LogP contribution in [0.15, 0.2) is 0 Å². The normalized spacial score (nSPS) is 20.1. The van der Waals surface area contributed by atoms with Gasteiger partial charge in [-0.15, -0.1) is 10.2 Å². The van der Waals surface area contributed by atoms with E-state index in [9.17, 15) is 13.2 Å². The summed E-state index contributed by atoms with van der Waals surface area (Å²) >= 11 is 6.72. The zero-order valence-electron chi connectivity index (χ0n) is 10.9. The van der Waals surface area contributed by atoms with Crippen molar-refractivity contribution in [2.45, 2.75) is 12.8 Å². The summed E-state index contributed by atoms with van der Waals surface area (Å²) in [4.78, 5) is 13.9. The van der Waals surface area contributed by atoms with Crippen molar-refractivity contribution in [3.63, 3.8) is 0 Å². The number of amides is 1. The fraction of sp³-hybridized carbons (Fsp3) is 0.700. The summed E-state index contributed by atoms with van der Waals surface area (Å²) in [5.41, 5.74) is 0. The highest BCUT2D eigenvalue weighted by atomic mass is 35.5. The molecule has 0 aromatic carbocycles. The first kappa shape index (κ1) is 15.6. The Morgan fingerprint density at radius 2 is 2.30 bits per heavy atom. The van der Waals surface area contributed by atoms with E-state index in [1.54, 1.807) is 4.90 Å². The fourth-order valence-electron chi connectivity index (χ4n) is 2.11. The molecule has 1 amide bonds. The number of nitrogens with one attached hydrogen (secondary N) is 1. The van der Waals surface area contributed by atoms with Crippen LogP contribution in [0.1, 0.15) is 22.6 Å². The van der Waals surface area contributed by atoms with Gasteiger partial charge in [-0.2, -0.15) is 0 Å². The SMILES string of the molecule is CS(=O)(=O)NCC1CCCN(C(=O)c2nnc(Cl)s2)C1. The molecule has 1 aromatic heterocycles. The van der Waals surface area contributed by atoms with E-state index in [1.807, 2.05) is 0 Å². The molecule has 0 spiro atoms. The first-order valence-corrected chi connectivity index (χ1v) is 9.16. The minimum absolute atomic E-state index is 0.116. The summed E-state index contributed by atoms with van der Waals surface area (Å²) < 4.78 is 24.9. The molecule has 112 valence electrons. The molecule has 1 unspecified atom stereocenters. The van der Waals surface area contributed by atoms with Crippen molar-refractivity contribution in [2.75, 3.05) is 25.9 Å². The molecule has 2 heterocycles. The van der Waals surface area contributed by atoms with E-state index in [1.165, 1.54) is 0 Å².